The molecule has 5 nitrogen and oxygen atoms in total. The van der Waals surface area contributed by atoms with Crippen molar-refractivity contribution in [1.82, 2.24) is 4.98 Å². The van der Waals surface area contributed by atoms with E-state index >= 15 is 0 Å². The van der Waals surface area contributed by atoms with Gasteiger partial charge in [0.1, 0.15) is 11.6 Å². The highest BCUT2D eigenvalue weighted by Crippen LogP contribution is 2.15. The average molecular weight is 303 g/mol. The second-order valence-corrected chi connectivity index (χ2v) is 5.56. The van der Waals surface area contributed by atoms with Crippen LogP contribution in [0, 0.1) is 5.82 Å². The Morgan fingerprint density at radius 2 is 1.91 bits per heavy atom. The summed E-state index contributed by atoms with van der Waals surface area (Å²) in [5, 5.41) is 15.0. The molecule has 0 aliphatic carbocycles. The minimum Gasteiger partial charge on any atom is -0.394 e. The van der Waals surface area contributed by atoms with Crippen molar-refractivity contribution in [3.05, 3.63) is 54.0 Å². The van der Waals surface area contributed by atoms with Crippen LogP contribution in [0.1, 0.15) is 24.2 Å². The van der Waals surface area contributed by atoms with Crippen LogP contribution < -0.4 is 10.6 Å². The Labute approximate surface area is 128 Å². The molecule has 22 heavy (non-hydrogen) atoms. The molecule has 116 valence electrons. The summed E-state index contributed by atoms with van der Waals surface area (Å²) in [6.07, 6.45) is 1.51. The maximum absolute atomic E-state index is 12.8. The number of carbonyl (C=O) groups excluding carboxylic acids is 1. The maximum atomic E-state index is 12.8. The minimum atomic E-state index is -0.480. The van der Waals surface area contributed by atoms with Crippen molar-refractivity contribution in [1.29, 1.82) is 0 Å². The molecule has 0 saturated heterocycles. The first kappa shape index (κ1) is 15.9. The third-order valence-corrected chi connectivity index (χ3v) is 2.99. The second kappa shape index (κ2) is 6.53. The Morgan fingerprint density at radius 3 is 2.45 bits per heavy atom. The Bertz CT molecular complexity index is 639. The van der Waals surface area contributed by atoms with Crippen molar-refractivity contribution in [2.45, 2.75) is 19.4 Å². The fraction of sp³-hybridized carbons (Fsp3) is 0.250. The third kappa shape index (κ3) is 4.26. The number of nitrogens with zero attached hydrogens (tertiary/aromatic N) is 1. The van der Waals surface area contributed by atoms with Crippen LogP contribution in [0.2, 0.25) is 0 Å². The highest BCUT2D eigenvalue weighted by atomic mass is 19.1. The van der Waals surface area contributed by atoms with Gasteiger partial charge < -0.3 is 15.7 Å². The molecule has 0 spiro atoms. The van der Waals surface area contributed by atoms with Crippen molar-refractivity contribution in [3.8, 4) is 0 Å². The van der Waals surface area contributed by atoms with Gasteiger partial charge in [0.25, 0.3) is 5.91 Å². The zero-order valence-corrected chi connectivity index (χ0v) is 12.4. The molecule has 0 saturated carbocycles. The Hall–Kier alpha value is -2.47. The summed E-state index contributed by atoms with van der Waals surface area (Å²) in [5.41, 5.74) is 0.415. The monoisotopic (exact) mass is 303 g/mol. The van der Waals surface area contributed by atoms with Crippen molar-refractivity contribution in [2.24, 2.45) is 0 Å². The second-order valence-electron chi connectivity index (χ2n) is 5.56. The van der Waals surface area contributed by atoms with Gasteiger partial charge >= 0.3 is 0 Å². The summed E-state index contributed by atoms with van der Waals surface area (Å²) < 4.78 is 12.8. The van der Waals surface area contributed by atoms with Gasteiger partial charge in [-0.3, -0.25) is 4.79 Å². The topological polar surface area (TPSA) is 74.2 Å². The molecule has 2 aromatic rings. The highest BCUT2D eigenvalue weighted by molar-refractivity contribution is 6.04. The van der Waals surface area contributed by atoms with Crippen LogP contribution in [0.3, 0.4) is 0 Å². The molecule has 1 amide bonds. The van der Waals surface area contributed by atoms with Gasteiger partial charge in [-0.1, -0.05) is 0 Å². The van der Waals surface area contributed by atoms with Gasteiger partial charge in [-0.15, -0.1) is 0 Å². The van der Waals surface area contributed by atoms with E-state index in [4.69, 9.17) is 0 Å². The van der Waals surface area contributed by atoms with E-state index in [1.807, 2.05) is 13.8 Å². The predicted octanol–water partition coefficient (Wildman–Crippen LogP) is 2.66. The number of anilines is 2. The number of hydrogen-bond donors (Lipinski definition) is 3. The molecular formula is C16H18FN3O2. The van der Waals surface area contributed by atoms with E-state index in [0.29, 0.717) is 17.1 Å². The predicted molar refractivity (Wildman–Crippen MR) is 83.4 cm³/mol. The molecule has 2 rings (SSSR count). The molecule has 0 radical (unpaired) electrons. The largest absolute Gasteiger partial charge is 0.394 e. The lowest BCUT2D eigenvalue weighted by atomic mass is 10.1. The summed E-state index contributed by atoms with van der Waals surface area (Å²) in [6, 6.07) is 8.70. The Morgan fingerprint density at radius 1 is 1.23 bits per heavy atom. The fourth-order valence-electron chi connectivity index (χ4n) is 1.73. The number of halogens is 1. The van der Waals surface area contributed by atoms with Crippen LogP contribution in [0.25, 0.3) is 0 Å². The van der Waals surface area contributed by atoms with Crippen molar-refractivity contribution in [2.75, 3.05) is 17.2 Å². The van der Waals surface area contributed by atoms with E-state index in [2.05, 4.69) is 15.6 Å². The number of amides is 1. The van der Waals surface area contributed by atoms with E-state index in [-0.39, 0.29) is 18.3 Å². The standard InChI is InChI=1S/C16H18FN3O2/c1-16(2,10-21)20-14-8-7-13(9-18-14)19-15(22)11-3-5-12(17)6-4-11/h3-9,21H,10H2,1-2H3,(H,18,20)(H,19,22). The number of hydrogen-bond acceptors (Lipinski definition) is 4. The van der Waals surface area contributed by atoms with E-state index < -0.39 is 5.54 Å². The maximum Gasteiger partial charge on any atom is 0.255 e. The summed E-state index contributed by atoms with van der Waals surface area (Å²) in [6.45, 7) is 3.66. The lowest BCUT2D eigenvalue weighted by molar-refractivity contribution is 0.102. The average Bonchev–Trinajstić information content (AvgIpc) is 2.49. The number of carbonyl (C=O) groups is 1. The molecule has 0 unspecified atom stereocenters. The quantitative estimate of drug-likeness (QED) is 0.794. The summed E-state index contributed by atoms with van der Waals surface area (Å²) >= 11 is 0. The number of nitrogens with one attached hydrogen (secondary N) is 2. The summed E-state index contributed by atoms with van der Waals surface area (Å²) in [7, 11) is 0. The van der Waals surface area contributed by atoms with E-state index in [9.17, 15) is 14.3 Å². The van der Waals surface area contributed by atoms with Gasteiger partial charge in [-0.05, 0) is 50.2 Å². The van der Waals surface area contributed by atoms with Crippen LogP contribution in [0.4, 0.5) is 15.9 Å². The molecular weight excluding hydrogens is 285 g/mol. The molecule has 0 fully saturated rings. The van der Waals surface area contributed by atoms with Gasteiger partial charge in [-0.25, -0.2) is 9.37 Å². The van der Waals surface area contributed by atoms with E-state index in [1.54, 1.807) is 12.1 Å². The van der Waals surface area contributed by atoms with Gasteiger partial charge in [-0.2, -0.15) is 0 Å². The lowest BCUT2D eigenvalue weighted by Gasteiger charge is -2.24. The molecule has 0 bridgehead atoms. The minimum absolute atomic E-state index is 0.0300. The molecule has 3 N–H and O–H groups in total. The number of aromatic nitrogens is 1. The first-order chi connectivity index (χ1) is 10.4. The zero-order valence-electron chi connectivity index (χ0n) is 12.4. The molecule has 1 aromatic heterocycles. The summed E-state index contributed by atoms with van der Waals surface area (Å²) in [5.74, 6) is -0.128. The van der Waals surface area contributed by atoms with Crippen LogP contribution in [0.15, 0.2) is 42.6 Å². The van der Waals surface area contributed by atoms with Crippen LogP contribution in [0.5, 0.6) is 0 Å². The highest BCUT2D eigenvalue weighted by Gasteiger charge is 2.16. The normalized spacial score (nSPS) is 11.1. The van der Waals surface area contributed by atoms with Gasteiger partial charge in [0.15, 0.2) is 0 Å². The Kier molecular flexibility index (Phi) is 4.72. The van der Waals surface area contributed by atoms with Crippen molar-refractivity contribution >= 4 is 17.4 Å². The van der Waals surface area contributed by atoms with Crippen LogP contribution >= 0.6 is 0 Å². The molecule has 0 aliphatic heterocycles. The number of benzene rings is 1. The van der Waals surface area contributed by atoms with Crippen LogP contribution in [-0.2, 0) is 0 Å². The molecule has 1 aromatic carbocycles. The van der Waals surface area contributed by atoms with Crippen molar-refractivity contribution in [3.63, 3.8) is 0 Å². The fourth-order valence-corrected chi connectivity index (χ4v) is 1.73. The zero-order chi connectivity index (χ0) is 16.2. The first-order valence-corrected chi connectivity index (χ1v) is 6.82. The SMILES string of the molecule is CC(C)(CO)Nc1ccc(NC(=O)c2ccc(F)cc2)cn1. The number of rotatable bonds is 5. The number of aliphatic hydroxyl groups is 1. The number of aliphatic hydroxyl groups excluding tert-OH is 1. The van der Waals surface area contributed by atoms with Gasteiger partial charge in [0, 0.05) is 5.56 Å². The van der Waals surface area contributed by atoms with Crippen LogP contribution in [-0.4, -0.2) is 28.1 Å². The molecule has 1 heterocycles. The smallest absolute Gasteiger partial charge is 0.255 e. The molecule has 0 aliphatic rings. The van der Waals surface area contributed by atoms with Crippen molar-refractivity contribution < 1.29 is 14.3 Å². The van der Waals surface area contributed by atoms with Gasteiger partial charge in [0.2, 0.25) is 0 Å². The van der Waals surface area contributed by atoms with E-state index in [1.165, 1.54) is 30.5 Å². The van der Waals surface area contributed by atoms with E-state index in [0.717, 1.165) is 0 Å². The third-order valence-electron chi connectivity index (χ3n) is 2.99. The first-order valence-electron chi connectivity index (χ1n) is 6.82. The lowest BCUT2D eigenvalue weighted by Crippen LogP contribution is -2.35. The molecule has 6 heteroatoms. The summed E-state index contributed by atoms with van der Waals surface area (Å²) in [4.78, 5) is 16.2. The van der Waals surface area contributed by atoms with Gasteiger partial charge in [0.05, 0.1) is 24.0 Å². The molecule has 0 atom stereocenters. The number of pyridine rings is 1. The Balaban J connectivity index is 2.02.